The maximum absolute atomic E-state index is 9.10. The summed E-state index contributed by atoms with van der Waals surface area (Å²) >= 11 is 3.49. The molecule has 0 fully saturated rings. The van der Waals surface area contributed by atoms with Crippen molar-refractivity contribution in [2.24, 2.45) is 7.05 Å². The molecule has 0 amide bonds. The Morgan fingerprint density at radius 2 is 1.74 bits per heavy atom. The molecule has 0 aliphatic heterocycles. The molecule has 0 aliphatic carbocycles. The van der Waals surface area contributed by atoms with Crippen LogP contribution in [0.4, 0.5) is 5.95 Å². The van der Waals surface area contributed by atoms with Gasteiger partial charge < -0.3 is 20.1 Å². The summed E-state index contributed by atoms with van der Waals surface area (Å²) in [4.78, 5) is 22.7. The second-order valence-electron chi connectivity index (χ2n) is 5.49. The molecule has 0 unspecified atom stereocenters. The Balaban J connectivity index is 0.000000380. The fourth-order valence-electron chi connectivity index (χ4n) is 2.28. The molecule has 8 heteroatoms. The number of carbonyl (C=O) groups is 2. The number of carboxylic acids is 2. The van der Waals surface area contributed by atoms with E-state index in [1.165, 1.54) is 11.1 Å². The average molecular weight is 432 g/mol. The molecule has 0 saturated heterocycles. The van der Waals surface area contributed by atoms with Gasteiger partial charge in [0.2, 0.25) is 5.95 Å². The van der Waals surface area contributed by atoms with Crippen LogP contribution in [-0.2, 0) is 23.2 Å². The molecular formula is C19H18BrN3O4. The van der Waals surface area contributed by atoms with E-state index in [-0.39, 0.29) is 0 Å². The quantitative estimate of drug-likeness (QED) is 0.544. The smallest absolute Gasteiger partial charge is 0.414 e. The predicted molar refractivity (Wildman–Crippen MR) is 105 cm³/mol. The Morgan fingerprint density at radius 1 is 1.07 bits per heavy atom. The minimum Gasteiger partial charge on any atom is -0.473 e. The number of rotatable bonds is 4. The summed E-state index contributed by atoms with van der Waals surface area (Å²) in [6.07, 6.45) is 1.90. The molecule has 0 aliphatic rings. The number of aromatic nitrogens is 2. The van der Waals surface area contributed by atoms with Crippen LogP contribution >= 0.6 is 15.9 Å². The average Bonchev–Trinajstić information content (AvgIpc) is 3.02. The third-order valence-electron chi connectivity index (χ3n) is 3.58. The predicted octanol–water partition coefficient (Wildman–Crippen LogP) is 3.62. The van der Waals surface area contributed by atoms with Crippen LogP contribution in [0.25, 0.3) is 11.3 Å². The van der Waals surface area contributed by atoms with Gasteiger partial charge in [-0.15, -0.1) is 0 Å². The van der Waals surface area contributed by atoms with E-state index in [4.69, 9.17) is 19.8 Å². The van der Waals surface area contributed by atoms with Gasteiger partial charge in [0.15, 0.2) is 0 Å². The SMILES string of the molecule is Cn1c(-c2ccccc2)cnc1NCc1cccc(Br)c1.O=C(O)C(=O)O. The summed E-state index contributed by atoms with van der Waals surface area (Å²) in [5.41, 5.74) is 3.49. The summed E-state index contributed by atoms with van der Waals surface area (Å²) in [6, 6.07) is 18.5. The molecule has 2 aromatic carbocycles. The monoisotopic (exact) mass is 431 g/mol. The van der Waals surface area contributed by atoms with E-state index in [0.717, 1.165) is 22.7 Å². The van der Waals surface area contributed by atoms with Crippen LogP contribution in [0.1, 0.15) is 5.56 Å². The number of anilines is 1. The lowest BCUT2D eigenvalue weighted by Gasteiger charge is -2.08. The Morgan fingerprint density at radius 3 is 2.33 bits per heavy atom. The molecule has 140 valence electrons. The largest absolute Gasteiger partial charge is 0.473 e. The van der Waals surface area contributed by atoms with Gasteiger partial charge >= 0.3 is 11.9 Å². The number of nitrogens with zero attached hydrogens (tertiary/aromatic N) is 2. The van der Waals surface area contributed by atoms with E-state index in [0.29, 0.717) is 0 Å². The maximum atomic E-state index is 9.10. The highest BCUT2D eigenvalue weighted by molar-refractivity contribution is 9.10. The summed E-state index contributed by atoms with van der Waals surface area (Å²) in [6.45, 7) is 0.749. The molecule has 3 aromatic rings. The van der Waals surface area contributed by atoms with Crippen LogP contribution in [0.15, 0.2) is 65.3 Å². The van der Waals surface area contributed by atoms with Crippen LogP contribution in [0.5, 0.6) is 0 Å². The Hall–Kier alpha value is -3.13. The van der Waals surface area contributed by atoms with Gasteiger partial charge in [-0.3, -0.25) is 0 Å². The number of hydrogen-bond acceptors (Lipinski definition) is 4. The number of nitrogens with one attached hydrogen (secondary N) is 1. The van der Waals surface area contributed by atoms with Gasteiger partial charge in [-0.05, 0) is 23.3 Å². The molecule has 0 atom stereocenters. The van der Waals surface area contributed by atoms with E-state index in [1.807, 2.05) is 43.6 Å². The highest BCUT2D eigenvalue weighted by Gasteiger charge is 2.07. The minimum absolute atomic E-state index is 0.749. The lowest BCUT2D eigenvalue weighted by atomic mass is 10.2. The molecule has 0 spiro atoms. The van der Waals surface area contributed by atoms with Crippen molar-refractivity contribution < 1.29 is 19.8 Å². The van der Waals surface area contributed by atoms with Crippen molar-refractivity contribution in [3.8, 4) is 11.3 Å². The van der Waals surface area contributed by atoms with Gasteiger partial charge in [0.1, 0.15) is 0 Å². The minimum atomic E-state index is -1.82. The van der Waals surface area contributed by atoms with Crippen molar-refractivity contribution in [3.05, 3.63) is 70.8 Å². The summed E-state index contributed by atoms with van der Waals surface area (Å²) in [5, 5.41) is 18.2. The first-order chi connectivity index (χ1) is 12.9. The lowest BCUT2D eigenvalue weighted by molar-refractivity contribution is -0.159. The molecule has 3 N–H and O–H groups in total. The number of imidazole rings is 1. The zero-order valence-corrected chi connectivity index (χ0v) is 16.0. The Bertz CT molecular complexity index is 914. The van der Waals surface area contributed by atoms with E-state index < -0.39 is 11.9 Å². The van der Waals surface area contributed by atoms with Gasteiger partial charge in [0.05, 0.1) is 11.9 Å². The zero-order valence-electron chi connectivity index (χ0n) is 14.5. The second kappa shape index (κ2) is 9.54. The standard InChI is InChI=1S/C17H16BrN3.C2H2O4/c1-21-16(14-7-3-2-4-8-14)12-20-17(21)19-11-13-6-5-9-15(18)10-13;3-1(4)2(5)6/h2-10,12H,11H2,1H3,(H,19,20);(H,3,4)(H,5,6). The Kier molecular flexibility index (Phi) is 7.13. The highest BCUT2D eigenvalue weighted by Crippen LogP contribution is 2.22. The lowest BCUT2D eigenvalue weighted by Crippen LogP contribution is -2.09. The van der Waals surface area contributed by atoms with Gasteiger partial charge in [-0.25, -0.2) is 14.6 Å². The second-order valence-corrected chi connectivity index (χ2v) is 6.40. The number of carboxylic acid groups (broad SMARTS) is 2. The van der Waals surface area contributed by atoms with Crippen molar-refractivity contribution >= 4 is 33.8 Å². The van der Waals surface area contributed by atoms with Gasteiger partial charge in [0, 0.05) is 18.1 Å². The van der Waals surface area contributed by atoms with Crippen molar-refractivity contribution in [1.82, 2.24) is 9.55 Å². The number of aliphatic carboxylic acids is 2. The molecule has 27 heavy (non-hydrogen) atoms. The van der Waals surface area contributed by atoms with E-state index in [2.05, 4.69) is 55.1 Å². The van der Waals surface area contributed by atoms with Crippen molar-refractivity contribution in [2.75, 3.05) is 5.32 Å². The summed E-state index contributed by atoms with van der Waals surface area (Å²) in [5.74, 6) is -2.78. The van der Waals surface area contributed by atoms with Crippen LogP contribution in [-0.4, -0.2) is 31.7 Å². The van der Waals surface area contributed by atoms with Crippen molar-refractivity contribution in [3.63, 3.8) is 0 Å². The first-order valence-corrected chi connectivity index (χ1v) is 8.69. The normalized spacial score (nSPS) is 9.85. The fourth-order valence-corrected chi connectivity index (χ4v) is 2.73. The molecule has 0 radical (unpaired) electrons. The molecular weight excluding hydrogens is 414 g/mol. The fraction of sp³-hybridized carbons (Fsp3) is 0.105. The van der Waals surface area contributed by atoms with Crippen LogP contribution < -0.4 is 5.32 Å². The Labute approximate surface area is 164 Å². The summed E-state index contributed by atoms with van der Waals surface area (Å²) < 4.78 is 3.17. The topological polar surface area (TPSA) is 104 Å². The van der Waals surface area contributed by atoms with Gasteiger partial charge in [-0.2, -0.15) is 0 Å². The van der Waals surface area contributed by atoms with Crippen LogP contribution in [0, 0.1) is 0 Å². The first kappa shape index (κ1) is 20.2. The third-order valence-corrected chi connectivity index (χ3v) is 4.07. The van der Waals surface area contributed by atoms with Gasteiger partial charge in [-0.1, -0.05) is 58.4 Å². The zero-order chi connectivity index (χ0) is 19.8. The van der Waals surface area contributed by atoms with Crippen LogP contribution in [0.2, 0.25) is 0 Å². The number of halogens is 1. The summed E-state index contributed by atoms with van der Waals surface area (Å²) in [7, 11) is 2.03. The molecule has 7 nitrogen and oxygen atoms in total. The van der Waals surface area contributed by atoms with Crippen LogP contribution in [0.3, 0.4) is 0 Å². The number of benzene rings is 2. The van der Waals surface area contributed by atoms with E-state index >= 15 is 0 Å². The molecule has 3 rings (SSSR count). The third kappa shape index (κ3) is 5.96. The molecule has 1 heterocycles. The number of hydrogen-bond donors (Lipinski definition) is 3. The highest BCUT2D eigenvalue weighted by atomic mass is 79.9. The molecule has 0 saturated carbocycles. The van der Waals surface area contributed by atoms with Crippen molar-refractivity contribution in [2.45, 2.75) is 6.54 Å². The maximum Gasteiger partial charge on any atom is 0.414 e. The van der Waals surface area contributed by atoms with Gasteiger partial charge in [0.25, 0.3) is 0 Å². The van der Waals surface area contributed by atoms with E-state index in [1.54, 1.807) is 0 Å². The van der Waals surface area contributed by atoms with Crippen molar-refractivity contribution in [1.29, 1.82) is 0 Å². The first-order valence-electron chi connectivity index (χ1n) is 7.90. The molecule has 1 aromatic heterocycles. The molecule has 0 bridgehead atoms. The van der Waals surface area contributed by atoms with E-state index in [9.17, 15) is 0 Å².